The molecule has 1 N–H and O–H groups in total. The van der Waals surface area contributed by atoms with E-state index in [2.05, 4.69) is 48.8 Å². The van der Waals surface area contributed by atoms with Crippen LogP contribution in [0.3, 0.4) is 0 Å². The number of nitrogens with zero attached hydrogens (tertiary/aromatic N) is 2. The lowest BCUT2D eigenvalue weighted by Gasteiger charge is -2.12. The van der Waals surface area contributed by atoms with Crippen LogP contribution >= 0.6 is 0 Å². The normalized spacial score (nSPS) is 23.6. The van der Waals surface area contributed by atoms with Crippen molar-refractivity contribution in [3.63, 3.8) is 0 Å². The predicted octanol–water partition coefficient (Wildman–Crippen LogP) is 1.96. The summed E-state index contributed by atoms with van der Waals surface area (Å²) < 4.78 is 0. The minimum Gasteiger partial charge on any atom is -0.373 e. The van der Waals surface area contributed by atoms with E-state index in [0.717, 1.165) is 6.54 Å². The topological polar surface area (TPSA) is 18.5 Å². The number of fused-ring (bicyclic) bond motifs is 2. The third-order valence-electron chi connectivity index (χ3n) is 4.61. The van der Waals surface area contributed by atoms with E-state index in [9.17, 15) is 0 Å². The minimum absolute atomic E-state index is 0.499. The van der Waals surface area contributed by atoms with Gasteiger partial charge in [-0.2, -0.15) is 0 Å². The molecule has 4 rings (SSSR count). The Hall–Kier alpha value is -1.48. The zero-order chi connectivity index (χ0) is 12.3. The summed E-state index contributed by atoms with van der Waals surface area (Å²) in [5.41, 5.74) is 9.61. The van der Waals surface area contributed by atoms with Crippen molar-refractivity contribution in [3.05, 3.63) is 35.5 Å². The third-order valence-corrected chi connectivity index (χ3v) is 4.61. The molecule has 1 aromatic carbocycles. The van der Waals surface area contributed by atoms with Crippen molar-refractivity contribution >= 4 is 11.3 Å². The molecule has 0 bridgehead atoms. The van der Waals surface area contributed by atoms with Gasteiger partial charge in [0.2, 0.25) is 0 Å². The number of anilines is 1. The molecule has 0 radical (unpaired) electrons. The molecule has 0 atom stereocenters. The molecule has 1 aliphatic carbocycles. The van der Waals surface area contributed by atoms with Gasteiger partial charge in [0, 0.05) is 44.5 Å². The van der Waals surface area contributed by atoms with Gasteiger partial charge in [0.25, 0.3) is 0 Å². The Morgan fingerprint density at radius 3 is 2.72 bits per heavy atom. The Morgan fingerprint density at radius 2 is 2.06 bits per heavy atom. The number of hydrogen-bond donors (Lipinski definition) is 1. The van der Waals surface area contributed by atoms with Crippen molar-refractivity contribution in [3.8, 4) is 0 Å². The fourth-order valence-corrected chi connectivity index (χ4v) is 3.41. The van der Waals surface area contributed by atoms with Crippen molar-refractivity contribution in [1.29, 1.82) is 0 Å². The maximum absolute atomic E-state index is 3.31. The number of benzene rings is 1. The Bertz CT molecular complexity index is 543. The van der Waals surface area contributed by atoms with E-state index in [4.69, 9.17) is 0 Å². The average Bonchev–Trinajstić information content (AvgIpc) is 2.92. The molecule has 2 heterocycles. The van der Waals surface area contributed by atoms with Crippen LogP contribution in [-0.2, 0) is 5.41 Å². The molecule has 94 valence electrons. The Kier molecular flexibility index (Phi) is 1.91. The van der Waals surface area contributed by atoms with E-state index in [1.807, 2.05) is 5.01 Å². The molecule has 18 heavy (non-hydrogen) atoms. The van der Waals surface area contributed by atoms with E-state index >= 15 is 0 Å². The van der Waals surface area contributed by atoms with Gasteiger partial charge in [-0.05, 0) is 41.7 Å². The molecule has 3 heteroatoms. The molecule has 1 aromatic rings. The molecular weight excluding hydrogens is 222 g/mol. The number of hydrogen-bond acceptors (Lipinski definition) is 3. The number of hydrazine groups is 1. The Morgan fingerprint density at radius 1 is 1.22 bits per heavy atom. The molecule has 0 saturated heterocycles. The fourth-order valence-electron chi connectivity index (χ4n) is 3.41. The van der Waals surface area contributed by atoms with Crippen molar-refractivity contribution < 1.29 is 0 Å². The van der Waals surface area contributed by atoms with Gasteiger partial charge in [-0.15, -0.1) is 0 Å². The second-order valence-corrected chi connectivity index (χ2v) is 5.97. The summed E-state index contributed by atoms with van der Waals surface area (Å²) in [5.74, 6) is 0. The van der Waals surface area contributed by atoms with Gasteiger partial charge in [-0.25, -0.2) is 5.43 Å². The van der Waals surface area contributed by atoms with E-state index in [-0.39, 0.29) is 0 Å². The van der Waals surface area contributed by atoms with Crippen LogP contribution in [0.25, 0.3) is 5.57 Å². The van der Waals surface area contributed by atoms with Crippen molar-refractivity contribution in [2.45, 2.75) is 18.3 Å². The third kappa shape index (κ3) is 1.34. The molecule has 1 saturated carbocycles. The van der Waals surface area contributed by atoms with Gasteiger partial charge in [0.05, 0.1) is 0 Å². The maximum Gasteiger partial charge on any atom is 0.0421 e. The van der Waals surface area contributed by atoms with Gasteiger partial charge < -0.3 is 9.91 Å². The molecule has 3 nitrogen and oxygen atoms in total. The lowest BCUT2D eigenvalue weighted by molar-refractivity contribution is 0.374. The summed E-state index contributed by atoms with van der Waals surface area (Å²) in [6.07, 6.45) is 4.93. The van der Waals surface area contributed by atoms with Gasteiger partial charge in [-0.3, -0.25) is 0 Å². The minimum atomic E-state index is 0.499. The van der Waals surface area contributed by atoms with Crippen LogP contribution < -0.4 is 10.3 Å². The van der Waals surface area contributed by atoms with Crippen LogP contribution in [0.15, 0.2) is 24.4 Å². The summed E-state index contributed by atoms with van der Waals surface area (Å²) in [6, 6.07) is 7.00. The second kappa shape index (κ2) is 3.29. The first-order chi connectivity index (χ1) is 8.68. The van der Waals surface area contributed by atoms with Crippen LogP contribution in [0.1, 0.15) is 24.0 Å². The monoisotopic (exact) mass is 241 g/mol. The summed E-state index contributed by atoms with van der Waals surface area (Å²) >= 11 is 0. The lowest BCUT2D eigenvalue weighted by Crippen LogP contribution is -2.23. The molecule has 1 spiro atoms. The van der Waals surface area contributed by atoms with Gasteiger partial charge in [-0.1, -0.05) is 6.07 Å². The predicted molar refractivity (Wildman–Crippen MR) is 74.4 cm³/mol. The van der Waals surface area contributed by atoms with Gasteiger partial charge in [0.1, 0.15) is 0 Å². The van der Waals surface area contributed by atoms with Crippen molar-refractivity contribution in [2.24, 2.45) is 0 Å². The van der Waals surface area contributed by atoms with E-state index in [0.29, 0.717) is 5.41 Å². The highest BCUT2D eigenvalue weighted by atomic mass is 15.5. The molecule has 2 aliphatic heterocycles. The average molecular weight is 241 g/mol. The zero-order valence-corrected chi connectivity index (χ0v) is 11.0. The molecule has 1 fully saturated rings. The van der Waals surface area contributed by atoms with Gasteiger partial charge >= 0.3 is 0 Å². The quantitative estimate of drug-likeness (QED) is 0.811. The molecule has 0 aromatic heterocycles. The molecule has 0 unspecified atom stereocenters. The first-order valence-corrected chi connectivity index (χ1v) is 6.71. The fraction of sp³-hybridized carbons (Fsp3) is 0.467. The second-order valence-electron chi connectivity index (χ2n) is 5.97. The van der Waals surface area contributed by atoms with Crippen LogP contribution in [0.5, 0.6) is 0 Å². The van der Waals surface area contributed by atoms with E-state index < -0.39 is 0 Å². The molecular formula is C15H19N3. The zero-order valence-electron chi connectivity index (χ0n) is 11.0. The highest BCUT2D eigenvalue weighted by Gasteiger charge is 2.50. The smallest absolute Gasteiger partial charge is 0.0421 e. The Balaban J connectivity index is 1.78. The summed E-state index contributed by atoms with van der Waals surface area (Å²) in [5, 5.41) is 2.04. The SMILES string of the molecule is CN1C=C(c2ccc3c(c2)C2(CC2)CN3C)CN1. The number of nitrogens with one attached hydrogen (secondary N) is 1. The summed E-state index contributed by atoms with van der Waals surface area (Å²) in [4.78, 5) is 2.42. The first kappa shape index (κ1) is 10.4. The largest absolute Gasteiger partial charge is 0.373 e. The molecule has 3 aliphatic rings. The van der Waals surface area contributed by atoms with E-state index in [1.54, 1.807) is 5.56 Å². The number of likely N-dealkylation sites (N-methyl/N-ethyl adjacent to an activating group) is 1. The first-order valence-electron chi connectivity index (χ1n) is 6.71. The van der Waals surface area contributed by atoms with Crippen LogP contribution in [0.4, 0.5) is 5.69 Å². The van der Waals surface area contributed by atoms with Crippen molar-refractivity contribution in [2.75, 3.05) is 32.1 Å². The summed E-state index contributed by atoms with van der Waals surface area (Å²) in [6.45, 7) is 2.15. The maximum atomic E-state index is 3.31. The van der Waals surface area contributed by atoms with Crippen molar-refractivity contribution in [1.82, 2.24) is 10.4 Å². The molecule has 0 amide bonds. The standard InChI is InChI=1S/C15H19N3/c1-17-10-15(5-6-15)13-7-11(3-4-14(13)17)12-8-16-18(2)9-12/h3-4,7,9,16H,5-6,8,10H2,1-2H3. The van der Waals surface area contributed by atoms with Crippen LogP contribution in [0, 0.1) is 0 Å². The highest BCUT2D eigenvalue weighted by molar-refractivity contribution is 5.74. The van der Waals surface area contributed by atoms with E-state index in [1.165, 1.54) is 36.2 Å². The summed E-state index contributed by atoms with van der Waals surface area (Å²) in [7, 11) is 4.27. The number of rotatable bonds is 1. The lowest BCUT2D eigenvalue weighted by atomic mass is 9.94. The van der Waals surface area contributed by atoms with Gasteiger partial charge in [0.15, 0.2) is 0 Å². The van der Waals surface area contributed by atoms with Crippen LogP contribution in [-0.4, -0.2) is 32.2 Å². The Labute approximate surface area is 108 Å². The highest BCUT2D eigenvalue weighted by Crippen LogP contribution is 2.56. The van der Waals surface area contributed by atoms with Crippen LogP contribution in [0.2, 0.25) is 0 Å².